The Kier molecular flexibility index (Phi) is 4.26. The van der Waals surface area contributed by atoms with Gasteiger partial charge in [0, 0.05) is 6.20 Å². The van der Waals surface area contributed by atoms with Gasteiger partial charge >= 0.3 is 5.97 Å². The van der Waals surface area contributed by atoms with E-state index in [0.717, 1.165) is 24.7 Å². The molecule has 0 aromatic carbocycles. The maximum Gasteiger partial charge on any atom is 0.337 e. The maximum atomic E-state index is 12.1. The molecule has 0 aliphatic heterocycles. The Morgan fingerprint density at radius 1 is 1.19 bits per heavy atom. The number of halogens is 2. The lowest BCUT2D eigenvalue weighted by atomic mass is 10.3. The van der Waals surface area contributed by atoms with Gasteiger partial charge < -0.3 is 5.11 Å². The highest BCUT2D eigenvalue weighted by Crippen LogP contribution is 2.27. The van der Waals surface area contributed by atoms with Gasteiger partial charge in [-0.15, -0.1) is 0 Å². The third-order valence-corrected chi connectivity index (χ3v) is 4.23. The summed E-state index contributed by atoms with van der Waals surface area (Å²) in [4.78, 5) is 21.5. The van der Waals surface area contributed by atoms with E-state index >= 15 is 0 Å². The Bertz CT molecular complexity index is 795. The van der Waals surface area contributed by atoms with Crippen LogP contribution < -0.4 is 4.72 Å². The fourth-order valence-corrected chi connectivity index (χ4v) is 2.55. The normalized spacial score (nSPS) is 11.1. The molecule has 2 rings (SSSR count). The van der Waals surface area contributed by atoms with Gasteiger partial charge in [0.25, 0.3) is 10.0 Å². The fraction of sp³-hybridized carbons (Fsp3) is 0. The molecule has 2 heterocycles. The average Bonchev–Trinajstić information content (AvgIpc) is 2.44. The van der Waals surface area contributed by atoms with Crippen molar-refractivity contribution in [3.8, 4) is 0 Å². The molecule has 21 heavy (non-hydrogen) atoms. The Morgan fingerprint density at radius 3 is 2.48 bits per heavy atom. The predicted molar refractivity (Wildman–Crippen MR) is 74.1 cm³/mol. The molecule has 2 aromatic heterocycles. The van der Waals surface area contributed by atoms with Crippen molar-refractivity contribution >= 4 is 45.0 Å². The summed E-state index contributed by atoms with van der Waals surface area (Å²) in [6.45, 7) is 0. The predicted octanol–water partition coefficient (Wildman–Crippen LogP) is 1.68. The van der Waals surface area contributed by atoms with E-state index in [1.165, 1.54) is 0 Å². The van der Waals surface area contributed by atoms with E-state index in [2.05, 4.69) is 19.7 Å². The Balaban J connectivity index is 2.34. The Labute approximate surface area is 128 Å². The number of hydrogen-bond acceptors (Lipinski definition) is 6. The molecule has 0 saturated carbocycles. The van der Waals surface area contributed by atoms with Gasteiger partial charge in [0.15, 0.2) is 16.0 Å². The second-order valence-electron chi connectivity index (χ2n) is 3.62. The standard InChI is InChI=1S/C10H6Cl2N4O4S/c11-7-8(12)14-4-15-9(7)16-21(19,20)6-2-1-5(3-13-6)10(17)18/h1-4H,(H,17,18)(H,14,15,16). The molecule has 0 bridgehead atoms. The lowest BCUT2D eigenvalue weighted by Gasteiger charge is -2.08. The van der Waals surface area contributed by atoms with E-state index in [-0.39, 0.29) is 21.6 Å². The molecule has 11 heteroatoms. The number of nitrogens with one attached hydrogen (secondary N) is 1. The highest BCUT2D eigenvalue weighted by molar-refractivity contribution is 7.92. The van der Waals surface area contributed by atoms with Crippen molar-refractivity contribution in [1.29, 1.82) is 0 Å². The third kappa shape index (κ3) is 3.38. The lowest BCUT2D eigenvalue weighted by molar-refractivity contribution is 0.0696. The zero-order valence-corrected chi connectivity index (χ0v) is 12.3. The van der Waals surface area contributed by atoms with Crippen molar-refractivity contribution in [1.82, 2.24) is 15.0 Å². The van der Waals surface area contributed by atoms with Crippen LogP contribution in [0.5, 0.6) is 0 Å². The van der Waals surface area contributed by atoms with Gasteiger partial charge in [0.05, 0.1) is 5.56 Å². The highest BCUT2D eigenvalue weighted by atomic mass is 35.5. The van der Waals surface area contributed by atoms with Gasteiger partial charge in [-0.3, -0.25) is 4.72 Å². The molecule has 0 saturated heterocycles. The van der Waals surface area contributed by atoms with Crippen LogP contribution in [-0.2, 0) is 10.0 Å². The minimum atomic E-state index is -4.08. The molecule has 0 unspecified atom stereocenters. The number of hydrogen-bond donors (Lipinski definition) is 2. The van der Waals surface area contributed by atoms with Crippen LogP contribution in [0.25, 0.3) is 0 Å². The molecular formula is C10H6Cl2N4O4S. The first-order chi connectivity index (χ1) is 9.81. The largest absolute Gasteiger partial charge is 0.478 e. The van der Waals surface area contributed by atoms with Crippen molar-refractivity contribution in [3.63, 3.8) is 0 Å². The first-order valence-corrected chi connectivity index (χ1v) is 7.43. The van der Waals surface area contributed by atoms with Crippen molar-refractivity contribution in [2.45, 2.75) is 5.03 Å². The number of rotatable bonds is 4. The monoisotopic (exact) mass is 348 g/mol. The first kappa shape index (κ1) is 15.4. The number of carboxylic acid groups (broad SMARTS) is 1. The molecular weight excluding hydrogens is 343 g/mol. The van der Waals surface area contributed by atoms with Gasteiger partial charge in [-0.1, -0.05) is 23.2 Å². The second kappa shape index (κ2) is 5.80. The van der Waals surface area contributed by atoms with Crippen molar-refractivity contribution < 1.29 is 18.3 Å². The number of sulfonamides is 1. The quantitative estimate of drug-likeness (QED) is 0.805. The van der Waals surface area contributed by atoms with E-state index in [0.29, 0.717) is 0 Å². The third-order valence-electron chi connectivity index (χ3n) is 2.24. The SMILES string of the molecule is O=C(O)c1ccc(S(=O)(=O)Nc2ncnc(Cl)c2Cl)nc1. The number of carbonyl (C=O) groups is 1. The second-order valence-corrected chi connectivity index (χ2v) is 5.99. The molecule has 8 nitrogen and oxygen atoms in total. The molecule has 0 atom stereocenters. The molecule has 0 aliphatic rings. The number of carboxylic acids is 1. The number of nitrogens with zero attached hydrogens (tertiary/aromatic N) is 3. The minimum Gasteiger partial charge on any atom is -0.478 e. The highest BCUT2D eigenvalue weighted by Gasteiger charge is 2.20. The van der Waals surface area contributed by atoms with Crippen LogP contribution in [0.3, 0.4) is 0 Å². The van der Waals surface area contributed by atoms with Crippen molar-refractivity contribution in [2.24, 2.45) is 0 Å². The van der Waals surface area contributed by atoms with Crippen LogP contribution in [-0.4, -0.2) is 34.4 Å². The Morgan fingerprint density at radius 2 is 1.90 bits per heavy atom. The van der Waals surface area contributed by atoms with Crippen molar-refractivity contribution in [3.05, 3.63) is 40.4 Å². The number of aromatic nitrogens is 3. The molecule has 0 radical (unpaired) electrons. The number of anilines is 1. The number of aromatic carboxylic acids is 1. The summed E-state index contributed by atoms with van der Waals surface area (Å²) in [6, 6.07) is 2.15. The molecule has 0 fully saturated rings. The van der Waals surface area contributed by atoms with Crippen LogP contribution in [0.4, 0.5) is 5.82 Å². The van der Waals surface area contributed by atoms with Crippen LogP contribution >= 0.6 is 23.2 Å². The van der Waals surface area contributed by atoms with Gasteiger partial charge in [-0.2, -0.15) is 8.42 Å². The lowest BCUT2D eigenvalue weighted by Crippen LogP contribution is -2.16. The van der Waals surface area contributed by atoms with Crippen molar-refractivity contribution in [2.75, 3.05) is 4.72 Å². The van der Waals surface area contributed by atoms with E-state index < -0.39 is 21.0 Å². The van der Waals surface area contributed by atoms with Gasteiger partial charge in [0.2, 0.25) is 0 Å². The molecule has 0 amide bonds. The minimum absolute atomic E-state index is 0.112. The Hall–Kier alpha value is -1.97. The molecule has 0 aliphatic carbocycles. The maximum absolute atomic E-state index is 12.1. The zero-order valence-electron chi connectivity index (χ0n) is 9.99. The number of pyridine rings is 1. The van der Waals surface area contributed by atoms with Gasteiger partial charge in [-0.05, 0) is 12.1 Å². The summed E-state index contributed by atoms with van der Waals surface area (Å²) in [5, 5.41) is 8.06. The van der Waals surface area contributed by atoms with E-state index in [1.54, 1.807) is 0 Å². The molecule has 2 N–H and O–H groups in total. The summed E-state index contributed by atoms with van der Waals surface area (Å²) in [6.07, 6.45) is 1.96. The van der Waals surface area contributed by atoms with Gasteiger partial charge in [0.1, 0.15) is 11.3 Å². The average molecular weight is 349 g/mol. The first-order valence-electron chi connectivity index (χ1n) is 5.19. The van der Waals surface area contributed by atoms with Crippen LogP contribution in [0.15, 0.2) is 29.7 Å². The molecule has 2 aromatic rings. The summed E-state index contributed by atoms with van der Waals surface area (Å²) >= 11 is 11.4. The van der Waals surface area contributed by atoms with E-state index in [9.17, 15) is 13.2 Å². The smallest absolute Gasteiger partial charge is 0.337 e. The molecule has 0 spiro atoms. The summed E-state index contributed by atoms with van der Waals surface area (Å²) in [7, 11) is -4.08. The zero-order chi connectivity index (χ0) is 15.6. The van der Waals surface area contributed by atoms with Gasteiger partial charge in [-0.25, -0.2) is 19.7 Å². The topological polar surface area (TPSA) is 122 Å². The summed E-state index contributed by atoms with van der Waals surface area (Å²) in [5.74, 6) is -1.43. The van der Waals surface area contributed by atoms with Crippen LogP contribution in [0.1, 0.15) is 10.4 Å². The van der Waals surface area contributed by atoms with E-state index in [4.69, 9.17) is 28.3 Å². The summed E-state index contributed by atoms with van der Waals surface area (Å²) < 4.78 is 26.2. The van der Waals surface area contributed by atoms with Crippen LogP contribution in [0.2, 0.25) is 10.2 Å². The fourth-order valence-electron chi connectivity index (χ4n) is 1.26. The summed E-state index contributed by atoms with van der Waals surface area (Å²) in [5.41, 5.74) is -0.142. The molecule has 110 valence electrons. The van der Waals surface area contributed by atoms with E-state index in [1.807, 2.05) is 0 Å². The van der Waals surface area contributed by atoms with Crippen LogP contribution in [0, 0.1) is 0 Å².